The van der Waals surface area contributed by atoms with Gasteiger partial charge in [0.1, 0.15) is 0 Å². The number of rotatable bonds is 1. The van der Waals surface area contributed by atoms with Gasteiger partial charge in [-0.3, -0.25) is 0 Å². The van der Waals surface area contributed by atoms with Crippen LogP contribution in [0.1, 0.15) is 48.5 Å². The Balaban J connectivity index is 0. The Bertz CT molecular complexity index is 327. The fourth-order valence-electron chi connectivity index (χ4n) is 2.31. The normalized spacial score (nSPS) is 24.8. The molecule has 1 aliphatic rings. The minimum absolute atomic E-state index is 0. The molecule has 97 valence electrons. The van der Waals surface area contributed by atoms with Gasteiger partial charge in [0.15, 0.2) is 0 Å². The number of hydrogen-bond donors (Lipinski definition) is 1. The van der Waals surface area contributed by atoms with E-state index in [1.165, 1.54) is 20.6 Å². The maximum atomic E-state index is 3.74. The van der Waals surface area contributed by atoms with E-state index in [1.807, 2.05) is 0 Å². The van der Waals surface area contributed by atoms with Crippen LogP contribution < -0.4 is 30.1 Å². The zero-order valence-corrected chi connectivity index (χ0v) is 14.8. The zero-order chi connectivity index (χ0) is 12.0. The van der Waals surface area contributed by atoms with E-state index < -0.39 is 0 Å². The van der Waals surface area contributed by atoms with E-state index in [1.54, 1.807) is 0 Å². The predicted molar refractivity (Wildman–Crippen MR) is 62.4 cm³/mol. The Labute approximate surface area is 130 Å². The second kappa shape index (κ2) is 6.26. The number of halogens is 2. The van der Waals surface area contributed by atoms with Gasteiger partial charge >= 0.3 is 106 Å². The van der Waals surface area contributed by atoms with Gasteiger partial charge in [-0.05, 0) is 0 Å². The summed E-state index contributed by atoms with van der Waals surface area (Å²) >= 11 is 2.24. The summed E-state index contributed by atoms with van der Waals surface area (Å²) in [5, 5.41) is 3.74. The van der Waals surface area contributed by atoms with Crippen LogP contribution in [0.15, 0.2) is 20.6 Å². The minimum atomic E-state index is 0. The molecule has 0 saturated heterocycles. The fraction of sp³-hybridized carbons (Fsp3) is 0.692. The minimum Gasteiger partial charge on any atom is -1.00 e. The van der Waals surface area contributed by atoms with Gasteiger partial charge in [-0.15, -0.1) is 0 Å². The topological polar surface area (TPSA) is 12.0 Å². The second-order valence-corrected chi connectivity index (χ2v) is 6.53. The first kappa shape index (κ1) is 20.1. The van der Waals surface area contributed by atoms with Gasteiger partial charge in [0.25, 0.3) is 0 Å². The number of allylic oxidation sites excluding steroid dienone is 2. The smallest absolute Gasteiger partial charge is 1.00 e. The summed E-state index contributed by atoms with van der Waals surface area (Å²) in [6.07, 6.45) is 0. The van der Waals surface area contributed by atoms with Crippen LogP contribution in [0.25, 0.3) is 0 Å². The molecule has 1 aliphatic carbocycles. The first-order valence-corrected chi connectivity index (χ1v) is 6.28. The molecule has 17 heavy (non-hydrogen) atoms. The van der Waals surface area contributed by atoms with Crippen molar-refractivity contribution in [3.63, 3.8) is 0 Å². The van der Waals surface area contributed by atoms with Crippen LogP contribution in [0.2, 0.25) is 0 Å². The molecule has 0 bridgehead atoms. The molecule has 0 aromatic rings. The van der Waals surface area contributed by atoms with Crippen molar-refractivity contribution in [2.24, 2.45) is 0 Å². The van der Waals surface area contributed by atoms with Gasteiger partial charge in [0, 0.05) is 0 Å². The predicted octanol–water partition coefficient (Wildman–Crippen LogP) is -2.69. The van der Waals surface area contributed by atoms with Crippen LogP contribution in [0, 0.1) is 0 Å². The Kier molecular flexibility index (Phi) is 7.38. The van der Waals surface area contributed by atoms with Gasteiger partial charge in [-0.2, -0.15) is 0 Å². The summed E-state index contributed by atoms with van der Waals surface area (Å²) in [4.78, 5) is 0. The number of hydrogen-bond acceptors (Lipinski definition) is 1. The molecule has 1 rings (SSSR count). The molecular formula is C13H22Cl2NTi. The molecule has 0 saturated carbocycles. The maximum absolute atomic E-state index is 3.74. The van der Waals surface area contributed by atoms with E-state index in [4.69, 9.17) is 0 Å². The summed E-state index contributed by atoms with van der Waals surface area (Å²) in [7, 11) is 0. The van der Waals surface area contributed by atoms with Crippen molar-refractivity contribution in [2.75, 3.05) is 0 Å². The average Bonchev–Trinajstić information content (AvgIpc) is 2.19. The van der Waals surface area contributed by atoms with Crippen LogP contribution in [0.4, 0.5) is 0 Å². The van der Waals surface area contributed by atoms with Crippen molar-refractivity contribution >= 4 is 0 Å². The third-order valence-corrected chi connectivity index (χ3v) is 4.74. The van der Waals surface area contributed by atoms with Gasteiger partial charge in [-0.1, -0.05) is 0 Å². The van der Waals surface area contributed by atoms with Crippen molar-refractivity contribution in [3.8, 4) is 0 Å². The molecule has 1 nitrogen and oxygen atoms in total. The quantitative estimate of drug-likeness (QED) is 0.520. The summed E-state index contributed by atoms with van der Waals surface area (Å²) < 4.78 is 1.47. The van der Waals surface area contributed by atoms with E-state index in [0.717, 1.165) is 0 Å². The summed E-state index contributed by atoms with van der Waals surface area (Å²) in [6, 6.07) is 0. The van der Waals surface area contributed by atoms with E-state index in [0.29, 0.717) is 0 Å². The van der Waals surface area contributed by atoms with Crippen LogP contribution in [0.5, 0.6) is 0 Å². The van der Waals surface area contributed by atoms with Crippen molar-refractivity contribution in [1.29, 1.82) is 0 Å². The first-order chi connectivity index (χ1) is 6.59. The van der Waals surface area contributed by atoms with Crippen molar-refractivity contribution < 1.29 is 45.2 Å². The number of nitrogens with one attached hydrogen (secondary N) is 1. The molecule has 0 radical (unpaired) electrons. The van der Waals surface area contributed by atoms with E-state index in [-0.39, 0.29) is 35.9 Å². The van der Waals surface area contributed by atoms with Gasteiger partial charge in [0.05, 0.1) is 0 Å². The molecule has 0 spiro atoms. The molecule has 0 aromatic carbocycles. The Hall–Kier alpha value is 0.734. The van der Waals surface area contributed by atoms with Gasteiger partial charge < -0.3 is 24.8 Å². The van der Waals surface area contributed by atoms with Crippen LogP contribution in [-0.4, -0.2) is 11.1 Å². The van der Waals surface area contributed by atoms with E-state index >= 15 is 0 Å². The Morgan fingerprint density at radius 2 is 1.41 bits per heavy atom. The van der Waals surface area contributed by atoms with Crippen molar-refractivity contribution in [3.05, 3.63) is 20.6 Å². The maximum Gasteiger partial charge on any atom is -1.00 e. The van der Waals surface area contributed by atoms with E-state index in [2.05, 4.69) is 74.2 Å². The molecule has 4 heteroatoms. The monoisotopic (exact) mass is 310 g/mol. The van der Waals surface area contributed by atoms with Crippen LogP contribution in [0.3, 0.4) is 0 Å². The summed E-state index contributed by atoms with van der Waals surface area (Å²) in [5.41, 5.74) is 4.56. The van der Waals surface area contributed by atoms with Crippen molar-refractivity contribution in [1.82, 2.24) is 5.32 Å². The molecule has 0 fully saturated rings. The Morgan fingerprint density at radius 3 is 1.65 bits per heavy atom. The largest absolute Gasteiger partial charge is 1.00 e. The zero-order valence-electron chi connectivity index (χ0n) is 11.8. The molecular weight excluding hydrogens is 289 g/mol. The molecule has 1 N–H and O–H groups in total. The molecule has 0 amide bonds. The van der Waals surface area contributed by atoms with Gasteiger partial charge in [-0.25, -0.2) is 0 Å². The van der Waals surface area contributed by atoms with E-state index in [9.17, 15) is 0 Å². The summed E-state index contributed by atoms with van der Waals surface area (Å²) in [5.74, 6) is 0. The Morgan fingerprint density at radius 1 is 1.00 bits per heavy atom. The van der Waals surface area contributed by atoms with Crippen LogP contribution in [-0.2, 0) is 20.4 Å². The first-order valence-electron chi connectivity index (χ1n) is 5.50. The SMILES string of the molecule is CC1=C(C)C(C)(NC(C)(C)C)[C]([Ti+2])=C1C.[Cl-].[Cl-]. The van der Waals surface area contributed by atoms with Gasteiger partial charge in [0.2, 0.25) is 0 Å². The van der Waals surface area contributed by atoms with Crippen LogP contribution >= 0.6 is 0 Å². The molecule has 0 heterocycles. The molecule has 0 aliphatic heterocycles. The summed E-state index contributed by atoms with van der Waals surface area (Å²) in [6.45, 7) is 15.7. The third kappa shape index (κ3) is 3.85. The van der Waals surface area contributed by atoms with Crippen molar-refractivity contribution in [2.45, 2.75) is 59.5 Å². The molecule has 1 atom stereocenters. The standard InChI is InChI=1S/C13H22N.2ClH.Ti/c1-9-8-13(7,11(3)10(9)2)14-12(4,5)6;;;/h14H,1-7H3;2*1H;/q;;;+2/p-2. The molecule has 0 aromatic heterocycles. The average molecular weight is 311 g/mol. The molecule has 1 unspecified atom stereocenters. The second-order valence-electron chi connectivity index (χ2n) is 5.75. The fourth-order valence-corrected chi connectivity index (χ4v) is 3.00. The third-order valence-electron chi connectivity index (χ3n) is 3.38.